The van der Waals surface area contributed by atoms with E-state index in [1.54, 1.807) is 0 Å². The van der Waals surface area contributed by atoms with Crippen LogP contribution in [0.5, 0.6) is 0 Å². The summed E-state index contributed by atoms with van der Waals surface area (Å²) >= 11 is 0. The van der Waals surface area contributed by atoms with Crippen LogP contribution in [0.1, 0.15) is 65.2 Å². The third-order valence-corrected chi connectivity index (χ3v) is 6.51. The van der Waals surface area contributed by atoms with Gasteiger partial charge in [0, 0.05) is 0 Å². The molecule has 130 valence electrons. The van der Waals surface area contributed by atoms with Crippen molar-refractivity contribution in [3.05, 3.63) is 0 Å². The first kappa shape index (κ1) is 21.6. The molecule has 4 nitrogen and oxygen atoms in total. The van der Waals surface area contributed by atoms with Crippen LogP contribution in [0, 0.1) is 0 Å². The number of rotatable bonds is 13. The molecular formula is C16H30O4S2. The highest BCUT2D eigenvalue weighted by Gasteiger charge is 2.25. The van der Waals surface area contributed by atoms with Crippen molar-refractivity contribution in [3.8, 4) is 0 Å². The summed E-state index contributed by atoms with van der Waals surface area (Å²) in [4.78, 5) is 23.7. The SMILES string of the molecule is CCCCCC(SSC(CCCCC)C(=O)OC)C(=O)OC. The molecule has 0 N–H and O–H groups in total. The minimum absolute atomic E-state index is 0.203. The molecule has 0 aromatic rings. The van der Waals surface area contributed by atoms with Crippen molar-refractivity contribution in [1.82, 2.24) is 0 Å². The van der Waals surface area contributed by atoms with E-state index in [1.165, 1.54) is 35.8 Å². The summed E-state index contributed by atoms with van der Waals surface area (Å²) in [5.41, 5.74) is 0. The van der Waals surface area contributed by atoms with Gasteiger partial charge in [-0.25, -0.2) is 0 Å². The topological polar surface area (TPSA) is 52.6 Å². The van der Waals surface area contributed by atoms with Gasteiger partial charge < -0.3 is 9.47 Å². The molecule has 0 aromatic heterocycles. The van der Waals surface area contributed by atoms with E-state index in [-0.39, 0.29) is 22.4 Å². The molecule has 0 fully saturated rings. The Kier molecular flexibility index (Phi) is 14.0. The van der Waals surface area contributed by atoms with Gasteiger partial charge in [0.1, 0.15) is 10.5 Å². The van der Waals surface area contributed by atoms with Crippen LogP contribution < -0.4 is 0 Å². The molecular weight excluding hydrogens is 320 g/mol. The fourth-order valence-electron chi connectivity index (χ4n) is 1.97. The van der Waals surface area contributed by atoms with Gasteiger partial charge in [0.05, 0.1) is 14.2 Å². The first-order valence-electron chi connectivity index (χ1n) is 8.08. The number of methoxy groups -OCH3 is 2. The van der Waals surface area contributed by atoms with Gasteiger partial charge in [-0.3, -0.25) is 9.59 Å². The monoisotopic (exact) mass is 350 g/mol. The summed E-state index contributed by atoms with van der Waals surface area (Å²) in [6.45, 7) is 4.27. The van der Waals surface area contributed by atoms with Gasteiger partial charge in [-0.15, -0.1) is 0 Å². The van der Waals surface area contributed by atoms with Crippen LogP contribution in [0.15, 0.2) is 0 Å². The van der Waals surface area contributed by atoms with Crippen molar-refractivity contribution in [1.29, 1.82) is 0 Å². The molecule has 22 heavy (non-hydrogen) atoms. The van der Waals surface area contributed by atoms with Gasteiger partial charge >= 0.3 is 11.9 Å². The van der Waals surface area contributed by atoms with Crippen molar-refractivity contribution >= 4 is 33.5 Å². The van der Waals surface area contributed by atoms with Gasteiger partial charge in [0.15, 0.2) is 0 Å². The molecule has 0 amide bonds. The van der Waals surface area contributed by atoms with E-state index in [0.717, 1.165) is 51.4 Å². The third-order valence-electron chi connectivity index (χ3n) is 3.36. The fraction of sp³-hybridized carbons (Fsp3) is 0.875. The molecule has 0 spiro atoms. The minimum Gasteiger partial charge on any atom is -0.468 e. The van der Waals surface area contributed by atoms with Gasteiger partial charge in [0.2, 0.25) is 0 Å². The lowest BCUT2D eigenvalue weighted by Gasteiger charge is -2.17. The third kappa shape index (κ3) is 9.62. The summed E-state index contributed by atoms with van der Waals surface area (Å²) in [6.07, 6.45) is 8.04. The molecule has 0 radical (unpaired) electrons. The van der Waals surface area contributed by atoms with Crippen LogP contribution in [0.2, 0.25) is 0 Å². The zero-order valence-electron chi connectivity index (χ0n) is 14.3. The van der Waals surface area contributed by atoms with Gasteiger partial charge in [-0.05, 0) is 12.8 Å². The number of unbranched alkanes of at least 4 members (excludes halogenated alkanes) is 4. The van der Waals surface area contributed by atoms with Crippen LogP contribution in [-0.4, -0.2) is 36.7 Å². The van der Waals surface area contributed by atoms with E-state index in [1.807, 2.05) is 0 Å². The Bertz CT molecular complexity index is 281. The van der Waals surface area contributed by atoms with E-state index in [0.29, 0.717) is 0 Å². The molecule has 0 aliphatic carbocycles. The van der Waals surface area contributed by atoms with Crippen molar-refractivity contribution in [2.75, 3.05) is 14.2 Å². The first-order valence-corrected chi connectivity index (χ1v) is 10.4. The summed E-state index contributed by atoms with van der Waals surface area (Å²) in [5, 5.41) is -0.417. The molecule has 2 atom stereocenters. The molecule has 2 unspecified atom stereocenters. The van der Waals surface area contributed by atoms with Crippen LogP contribution in [0.3, 0.4) is 0 Å². The van der Waals surface area contributed by atoms with Crippen molar-refractivity contribution in [2.45, 2.75) is 75.7 Å². The number of carbonyl (C=O) groups is 2. The van der Waals surface area contributed by atoms with Crippen molar-refractivity contribution in [3.63, 3.8) is 0 Å². The highest BCUT2D eigenvalue weighted by molar-refractivity contribution is 8.77. The van der Waals surface area contributed by atoms with Crippen LogP contribution >= 0.6 is 21.6 Å². The molecule has 0 saturated heterocycles. The second kappa shape index (κ2) is 14.2. The molecule has 0 bridgehead atoms. The standard InChI is InChI=1S/C16H30O4S2/c1-5-7-9-11-13(15(17)19-3)21-22-14(16(18)20-4)12-10-8-6-2/h13-14H,5-12H2,1-4H3. The van der Waals surface area contributed by atoms with Gasteiger partial charge in [-0.2, -0.15) is 0 Å². The summed E-state index contributed by atoms with van der Waals surface area (Å²) in [6, 6.07) is 0. The normalized spacial score (nSPS) is 13.5. The largest absolute Gasteiger partial charge is 0.468 e. The average molecular weight is 351 g/mol. The van der Waals surface area contributed by atoms with E-state index in [4.69, 9.17) is 9.47 Å². The maximum Gasteiger partial charge on any atom is 0.319 e. The quantitative estimate of drug-likeness (QED) is 0.275. The van der Waals surface area contributed by atoms with Gasteiger partial charge in [-0.1, -0.05) is 74.0 Å². The molecule has 0 saturated carbocycles. The summed E-state index contributed by atoms with van der Waals surface area (Å²) < 4.78 is 9.74. The lowest BCUT2D eigenvalue weighted by atomic mass is 10.1. The Morgan fingerprint density at radius 1 is 0.773 bits per heavy atom. The Labute approximate surface area is 142 Å². The van der Waals surface area contributed by atoms with Crippen LogP contribution in [0.4, 0.5) is 0 Å². The predicted molar refractivity (Wildman–Crippen MR) is 95.1 cm³/mol. The maximum absolute atomic E-state index is 11.8. The van der Waals surface area contributed by atoms with Crippen molar-refractivity contribution < 1.29 is 19.1 Å². The Hall–Kier alpha value is -0.360. The molecule has 0 aromatic carbocycles. The Morgan fingerprint density at radius 2 is 1.14 bits per heavy atom. The molecule has 0 aliphatic heterocycles. The number of hydrogen-bond acceptors (Lipinski definition) is 6. The zero-order valence-corrected chi connectivity index (χ0v) is 15.9. The molecule has 0 heterocycles. The lowest BCUT2D eigenvalue weighted by molar-refractivity contribution is -0.141. The lowest BCUT2D eigenvalue weighted by Crippen LogP contribution is -2.21. The maximum atomic E-state index is 11.8. The van der Waals surface area contributed by atoms with E-state index < -0.39 is 0 Å². The second-order valence-electron chi connectivity index (χ2n) is 5.21. The minimum atomic E-state index is -0.208. The van der Waals surface area contributed by atoms with E-state index in [2.05, 4.69) is 13.8 Å². The van der Waals surface area contributed by atoms with Crippen LogP contribution in [0.25, 0.3) is 0 Å². The van der Waals surface area contributed by atoms with Crippen LogP contribution in [-0.2, 0) is 19.1 Å². The Morgan fingerprint density at radius 3 is 1.41 bits per heavy atom. The van der Waals surface area contributed by atoms with E-state index in [9.17, 15) is 9.59 Å². The fourth-order valence-corrected chi connectivity index (χ4v) is 4.96. The zero-order chi connectivity index (χ0) is 16.8. The highest BCUT2D eigenvalue weighted by Crippen LogP contribution is 2.36. The molecule has 0 rings (SSSR count). The van der Waals surface area contributed by atoms with E-state index >= 15 is 0 Å². The molecule has 0 aliphatic rings. The second-order valence-corrected chi connectivity index (χ2v) is 7.89. The number of carbonyl (C=O) groups excluding carboxylic acids is 2. The predicted octanol–water partition coefficient (Wildman–Crippen LogP) is 4.61. The summed E-state index contributed by atoms with van der Waals surface area (Å²) in [7, 11) is 5.74. The van der Waals surface area contributed by atoms with Crippen molar-refractivity contribution in [2.24, 2.45) is 0 Å². The first-order chi connectivity index (χ1) is 10.6. The highest BCUT2D eigenvalue weighted by atomic mass is 33.1. The molecule has 6 heteroatoms. The number of hydrogen-bond donors (Lipinski definition) is 0. The average Bonchev–Trinajstić information content (AvgIpc) is 2.54. The number of esters is 2. The number of ether oxygens (including phenoxy) is 2. The Balaban J connectivity index is 4.44. The smallest absolute Gasteiger partial charge is 0.319 e. The summed E-state index contributed by atoms with van der Waals surface area (Å²) in [5.74, 6) is -0.406. The van der Waals surface area contributed by atoms with Gasteiger partial charge in [0.25, 0.3) is 0 Å².